The average Bonchev–Trinajstić information content (AvgIpc) is 2.31. The largest absolute Gasteiger partial charge is 0.419 e. The predicted octanol–water partition coefficient (Wildman–Crippen LogP) is 5.13. The number of alkyl halides is 4. The molecule has 0 heterocycles. The average molecular weight is 486 g/mol. The van der Waals surface area contributed by atoms with Gasteiger partial charge in [-0.2, -0.15) is 13.2 Å². The van der Waals surface area contributed by atoms with E-state index >= 15 is 0 Å². The summed E-state index contributed by atoms with van der Waals surface area (Å²) in [6.45, 7) is -0.227. The zero-order valence-electron chi connectivity index (χ0n) is 9.59. The fourth-order valence-electron chi connectivity index (χ4n) is 1.44. The molecule has 1 unspecified atom stereocenters. The van der Waals surface area contributed by atoms with Gasteiger partial charge >= 0.3 is 6.18 Å². The Labute approximate surface area is 137 Å². The van der Waals surface area contributed by atoms with Crippen LogP contribution in [0.5, 0.6) is 0 Å². The molecular formula is C10H7Br3F3NO3. The highest BCUT2D eigenvalue weighted by molar-refractivity contribution is 9.13. The Morgan fingerprint density at radius 3 is 2.30 bits per heavy atom. The van der Waals surface area contributed by atoms with Gasteiger partial charge in [-0.25, -0.2) is 0 Å². The third-order valence-corrected chi connectivity index (χ3v) is 4.38. The molecule has 0 aromatic heterocycles. The fraction of sp³-hybridized carbons (Fsp3) is 0.400. The standard InChI is InChI=1S/C10H7Br3F3NO3/c11-1-2-20-9(10(14,15)16)5-3-6(12)7(13)4-8(5)17(18)19/h3-4,9H,1-2H2. The molecule has 4 nitrogen and oxygen atoms in total. The van der Waals surface area contributed by atoms with E-state index in [1.807, 2.05) is 0 Å². The van der Waals surface area contributed by atoms with Crippen molar-refractivity contribution >= 4 is 53.5 Å². The first-order valence-electron chi connectivity index (χ1n) is 5.06. The van der Waals surface area contributed by atoms with Crippen LogP contribution in [0.2, 0.25) is 0 Å². The van der Waals surface area contributed by atoms with Gasteiger partial charge < -0.3 is 4.74 Å². The number of benzene rings is 1. The van der Waals surface area contributed by atoms with Crippen molar-refractivity contribution in [3.05, 3.63) is 36.8 Å². The number of ether oxygens (including phenoxy) is 1. The minimum absolute atomic E-state index is 0.186. The first-order valence-corrected chi connectivity index (χ1v) is 7.76. The maximum Gasteiger partial charge on any atom is 0.419 e. The molecule has 1 rings (SSSR count). The lowest BCUT2D eigenvalue weighted by Crippen LogP contribution is -2.25. The fourth-order valence-corrected chi connectivity index (χ4v) is 2.32. The number of nitro groups is 1. The van der Waals surface area contributed by atoms with Crippen LogP contribution in [0.3, 0.4) is 0 Å². The predicted molar refractivity (Wildman–Crippen MR) is 77.0 cm³/mol. The summed E-state index contributed by atoms with van der Waals surface area (Å²) in [7, 11) is 0. The van der Waals surface area contributed by atoms with Gasteiger partial charge in [0.05, 0.1) is 17.1 Å². The highest BCUT2D eigenvalue weighted by atomic mass is 79.9. The van der Waals surface area contributed by atoms with E-state index in [-0.39, 0.29) is 20.9 Å². The number of nitro benzene ring substituents is 1. The molecule has 0 spiro atoms. The molecule has 0 aliphatic rings. The van der Waals surface area contributed by atoms with Crippen molar-refractivity contribution in [2.45, 2.75) is 12.3 Å². The first-order chi connectivity index (χ1) is 9.18. The van der Waals surface area contributed by atoms with E-state index in [1.54, 1.807) is 0 Å². The Hall–Kier alpha value is -0.190. The van der Waals surface area contributed by atoms with Crippen LogP contribution in [0, 0.1) is 10.1 Å². The van der Waals surface area contributed by atoms with Gasteiger partial charge in [0, 0.05) is 20.3 Å². The van der Waals surface area contributed by atoms with Crippen LogP contribution in [-0.4, -0.2) is 23.0 Å². The zero-order valence-corrected chi connectivity index (χ0v) is 14.3. The minimum Gasteiger partial charge on any atom is -0.363 e. The van der Waals surface area contributed by atoms with Crippen molar-refractivity contribution in [2.24, 2.45) is 0 Å². The van der Waals surface area contributed by atoms with Crippen molar-refractivity contribution in [3.8, 4) is 0 Å². The third-order valence-electron chi connectivity index (χ3n) is 2.21. The maximum atomic E-state index is 13.0. The summed E-state index contributed by atoms with van der Waals surface area (Å²) in [5.41, 5.74) is -1.20. The van der Waals surface area contributed by atoms with E-state index in [0.717, 1.165) is 12.1 Å². The van der Waals surface area contributed by atoms with Crippen LogP contribution in [0.4, 0.5) is 18.9 Å². The molecule has 0 radical (unpaired) electrons. The maximum absolute atomic E-state index is 13.0. The molecule has 0 saturated heterocycles. The van der Waals surface area contributed by atoms with Gasteiger partial charge in [-0.3, -0.25) is 10.1 Å². The minimum atomic E-state index is -4.75. The second-order valence-electron chi connectivity index (χ2n) is 3.56. The Balaban J connectivity index is 3.38. The Kier molecular flexibility index (Phi) is 6.42. The van der Waals surface area contributed by atoms with Crippen LogP contribution in [0.25, 0.3) is 0 Å². The zero-order chi connectivity index (χ0) is 15.5. The summed E-state index contributed by atoms with van der Waals surface area (Å²) in [5, 5.41) is 11.1. The molecule has 0 fully saturated rings. The van der Waals surface area contributed by atoms with Crippen molar-refractivity contribution in [1.29, 1.82) is 0 Å². The number of nitrogens with zero attached hydrogens (tertiary/aromatic N) is 1. The van der Waals surface area contributed by atoms with Gasteiger partial charge in [-0.1, -0.05) is 15.9 Å². The second-order valence-corrected chi connectivity index (χ2v) is 6.07. The molecule has 1 aromatic carbocycles. The molecule has 0 N–H and O–H groups in total. The lowest BCUT2D eigenvalue weighted by atomic mass is 10.1. The molecule has 10 heteroatoms. The molecule has 0 bridgehead atoms. The van der Waals surface area contributed by atoms with E-state index in [0.29, 0.717) is 0 Å². The van der Waals surface area contributed by atoms with Gasteiger partial charge in [0.25, 0.3) is 5.69 Å². The molecule has 0 amide bonds. The topological polar surface area (TPSA) is 52.4 Å². The van der Waals surface area contributed by atoms with Crippen LogP contribution < -0.4 is 0 Å². The van der Waals surface area contributed by atoms with Crippen molar-refractivity contribution in [1.82, 2.24) is 0 Å². The molecule has 0 saturated carbocycles. The third kappa shape index (κ3) is 4.40. The summed E-state index contributed by atoms with van der Waals surface area (Å²) in [6.07, 6.45) is -7.11. The monoisotopic (exact) mass is 483 g/mol. The van der Waals surface area contributed by atoms with Gasteiger partial charge in [-0.15, -0.1) is 0 Å². The van der Waals surface area contributed by atoms with E-state index < -0.39 is 28.5 Å². The number of rotatable bonds is 5. The molecular weight excluding hydrogens is 479 g/mol. The van der Waals surface area contributed by atoms with Crippen LogP contribution in [0.15, 0.2) is 21.1 Å². The lowest BCUT2D eigenvalue weighted by molar-refractivity contribution is -0.387. The van der Waals surface area contributed by atoms with Gasteiger partial charge in [0.15, 0.2) is 6.10 Å². The molecule has 0 aliphatic heterocycles. The Bertz CT molecular complexity index is 511. The van der Waals surface area contributed by atoms with E-state index in [4.69, 9.17) is 4.74 Å². The van der Waals surface area contributed by atoms with E-state index in [2.05, 4.69) is 47.8 Å². The SMILES string of the molecule is O=[N+]([O-])c1cc(Br)c(Br)cc1C(OCCBr)C(F)(F)F. The molecule has 20 heavy (non-hydrogen) atoms. The van der Waals surface area contributed by atoms with Gasteiger partial charge in [-0.05, 0) is 37.9 Å². The molecule has 1 aromatic rings. The number of halogens is 6. The summed E-state index contributed by atoms with van der Waals surface area (Å²) < 4.78 is 44.3. The summed E-state index contributed by atoms with van der Waals surface area (Å²) >= 11 is 9.00. The highest BCUT2D eigenvalue weighted by Gasteiger charge is 2.45. The van der Waals surface area contributed by atoms with Crippen molar-refractivity contribution < 1.29 is 22.8 Å². The first kappa shape index (κ1) is 17.9. The second kappa shape index (κ2) is 7.19. The summed E-state index contributed by atoms with van der Waals surface area (Å²) in [5.74, 6) is 0. The smallest absolute Gasteiger partial charge is 0.363 e. The van der Waals surface area contributed by atoms with Crippen molar-refractivity contribution in [3.63, 3.8) is 0 Å². The van der Waals surface area contributed by atoms with E-state index in [1.165, 1.54) is 0 Å². The summed E-state index contributed by atoms with van der Waals surface area (Å²) in [4.78, 5) is 10.1. The Morgan fingerprint density at radius 1 is 1.30 bits per heavy atom. The van der Waals surface area contributed by atoms with Gasteiger partial charge in [0.1, 0.15) is 0 Å². The van der Waals surface area contributed by atoms with Crippen LogP contribution in [-0.2, 0) is 4.74 Å². The number of hydrogen-bond acceptors (Lipinski definition) is 3. The molecule has 0 aliphatic carbocycles. The quantitative estimate of drug-likeness (QED) is 0.330. The highest BCUT2D eigenvalue weighted by Crippen LogP contribution is 2.42. The molecule has 1 atom stereocenters. The van der Waals surface area contributed by atoms with Crippen LogP contribution >= 0.6 is 47.8 Å². The summed E-state index contributed by atoms with van der Waals surface area (Å²) in [6, 6.07) is 2.05. The lowest BCUT2D eigenvalue weighted by Gasteiger charge is -2.21. The van der Waals surface area contributed by atoms with E-state index in [9.17, 15) is 23.3 Å². The number of hydrogen-bond donors (Lipinski definition) is 0. The normalized spacial score (nSPS) is 13.3. The van der Waals surface area contributed by atoms with Gasteiger partial charge in [0.2, 0.25) is 0 Å². The van der Waals surface area contributed by atoms with Crippen LogP contribution in [0.1, 0.15) is 11.7 Å². The molecule has 112 valence electrons. The Morgan fingerprint density at radius 2 is 1.85 bits per heavy atom. The van der Waals surface area contributed by atoms with Crippen molar-refractivity contribution in [2.75, 3.05) is 11.9 Å².